The molecule has 0 bridgehead atoms. The highest BCUT2D eigenvalue weighted by Crippen LogP contribution is 2.25. The van der Waals surface area contributed by atoms with Gasteiger partial charge in [0.15, 0.2) is 0 Å². The summed E-state index contributed by atoms with van der Waals surface area (Å²) in [4.78, 5) is 31.1. The van der Waals surface area contributed by atoms with E-state index in [0.29, 0.717) is 63.5 Å². The van der Waals surface area contributed by atoms with Gasteiger partial charge in [0.05, 0.1) is 4.90 Å². The lowest BCUT2D eigenvalue weighted by atomic mass is 10.1. The molecule has 3 amide bonds. The third kappa shape index (κ3) is 5.03. The number of benzene rings is 1. The smallest absolute Gasteiger partial charge is 0.320 e. The molecule has 0 atom stereocenters. The van der Waals surface area contributed by atoms with Gasteiger partial charge in [-0.1, -0.05) is 12.5 Å². The molecule has 0 aromatic heterocycles. The van der Waals surface area contributed by atoms with Crippen LogP contribution in [0.15, 0.2) is 23.1 Å². The third-order valence-electron chi connectivity index (χ3n) is 6.24. The van der Waals surface area contributed by atoms with E-state index < -0.39 is 10.0 Å². The van der Waals surface area contributed by atoms with Crippen LogP contribution in [0.2, 0.25) is 0 Å². The van der Waals surface area contributed by atoms with Crippen molar-refractivity contribution in [2.45, 2.75) is 44.9 Å². The molecule has 0 N–H and O–H groups in total. The Morgan fingerprint density at radius 3 is 2.06 bits per heavy atom. The predicted molar refractivity (Wildman–Crippen MR) is 120 cm³/mol. The standard InChI is InChI=1S/C22H34N4O4S/c1-4-23(5-2)22(28)25-15-13-24(14-16-25)21(27)19-10-9-18(3)20(17-19)31(29,30)26-11-7-6-8-12-26/h9-10,17H,4-8,11-16H2,1-3H3. The Kier molecular flexibility index (Phi) is 7.59. The molecule has 0 unspecified atom stereocenters. The highest BCUT2D eigenvalue weighted by molar-refractivity contribution is 7.89. The molecule has 2 aliphatic rings. The summed E-state index contributed by atoms with van der Waals surface area (Å²) in [6.45, 7) is 9.88. The molecule has 0 spiro atoms. The van der Waals surface area contributed by atoms with Crippen molar-refractivity contribution in [3.63, 3.8) is 0 Å². The molecule has 0 radical (unpaired) electrons. The van der Waals surface area contributed by atoms with Crippen LogP contribution < -0.4 is 0 Å². The van der Waals surface area contributed by atoms with Crippen molar-refractivity contribution in [3.8, 4) is 0 Å². The molecule has 1 aromatic rings. The van der Waals surface area contributed by atoms with Gasteiger partial charge in [-0.2, -0.15) is 4.31 Å². The van der Waals surface area contributed by atoms with E-state index in [1.807, 2.05) is 13.8 Å². The summed E-state index contributed by atoms with van der Waals surface area (Å²) in [5.41, 5.74) is 1.03. The van der Waals surface area contributed by atoms with Gasteiger partial charge < -0.3 is 14.7 Å². The molecule has 172 valence electrons. The molecule has 2 aliphatic heterocycles. The highest BCUT2D eigenvalue weighted by Gasteiger charge is 2.30. The largest absolute Gasteiger partial charge is 0.335 e. The average Bonchev–Trinajstić information content (AvgIpc) is 2.80. The normalized spacial score (nSPS) is 18.2. The van der Waals surface area contributed by atoms with Crippen molar-refractivity contribution in [1.82, 2.24) is 19.0 Å². The van der Waals surface area contributed by atoms with Crippen LogP contribution in [-0.2, 0) is 10.0 Å². The van der Waals surface area contributed by atoms with Gasteiger partial charge in [-0.15, -0.1) is 0 Å². The van der Waals surface area contributed by atoms with Crippen LogP contribution in [0.3, 0.4) is 0 Å². The number of carbonyl (C=O) groups excluding carboxylic acids is 2. The fourth-order valence-electron chi connectivity index (χ4n) is 4.23. The minimum absolute atomic E-state index is 0.00217. The van der Waals surface area contributed by atoms with Gasteiger partial charge in [-0.05, 0) is 51.3 Å². The fourth-order valence-corrected chi connectivity index (χ4v) is 6.00. The van der Waals surface area contributed by atoms with Crippen LogP contribution in [0.5, 0.6) is 0 Å². The fraction of sp³-hybridized carbons (Fsp3) is 0.636. The van der Waals surface area contributed by atoms with Crippen LogP contribution in [-0.4, -0.2) is 91.7 Å². The monoisotopic (exact) mass is 450 g/mol. The van der Waals surface area contributed by atoms with E-state index >= 15 is 0 Å². The first-order valence-corrected chi connectivity index (χ1v) is 12.7. The summed E-state index contributed by atoms with van der Waals surface area (Å²) < 4.78 is 27.8. The van der Waals surface area contributed by atoms with Crippen LogP contribution in [0.4, 0.5) is 4.79 Å². The summed E-state index contributed by atoms with van der Waals surface area (Å²) in [6, 6.07) is 4.93. The lowest BCUT2D eigenvalue weighted by Gasteiger charge is -2.37. The number of hydrogen-bond acceptors (Lipinski definition) is 4. The number of carbonyl (C=O) groups is 2. The number of rotatable bonds is 5. The van der Waals surface area contributed by atoms with Gasteiger partial charge in [0.25, 0.3) is 5.91 Å². The third-order valence-corrected chi connectivity index (χ3v) is 8.28. The Morgan fingerprint density at radius 1 is 0.903 bits per heavy atom. The molecular formula is C22H34N4O4S. The Hall–Kier alpha value is -2.13. The SMILES string of the molecule is CCN(CC)C(=O)N1CCN(C(=O)c2ccc(C)c(S(=O)(=O)N3CCCCC3)c2)CC1. The first-order chi connectivity index (χ1) is 14.8. The molecule has 0 saturated carbocycles. The Balaban J connectivity index is 1.72. The molecular weight excluding hydrogens is 416 g/mol. The van der Waals surface area contributed by atoms with E-state index in [9.17, 15) is 18.0 Å². The predicted octanol–water partition coefficient (Wildman–Crippen LogP) is 2.39. The molecule has 2 heterocycles. The van der Waals surface area contributed by atoms with E-state index in [1.54, 1.807) is 33.8 Å². The van der Waals surface area contributed by atoms with E-state index in [1.165, 1.54) is 10.4 Å². The Labute approximate surface area is 185 Å². The summed E-state index contributed by atoms with van der Waals surface area (Å²) in [5.74, 6) is -0.190. The van der Waals surface area contributed by atoms with Crippen molar-refractivity contribution in [2.24, 2.45) is 0 Å². The molecule has 0 aliphatic carbocycles. The van der Waals surface area contributed by atoms with Gasteiger partial charge in [0.2, 0.25) is 10.0 Å². The van der Waals surface area contributed by atoms with Gasteiger partial charge in [0.1, 0.15) is 0 Å². The van der Waals surface area contributed by atoms with Crippen molar-refractivity contribution in [3.05, 3.63) is 29.3 Å². The van der Waals surface area contributed by atoms with E-state index in [2.05, 4.69) is 0 Å². The summed E-state index contributed by atoms with van der Waals surface area (Å²) in [5, 5.41) is 0. The van der Waals surface area contributed by atoms with Gasteiger partial charge in [0, 0.05) is 57.9 Å². The molecule has 2 fully saturated rings. The molecule has 9 heteroatoms. The van der Waals surface area contributed by atoms with Crippen LogP contribution in [0.25, 0.3) is 0 Å². The summed E-state index contributed by atoms with van der Waals surface area (Å²) >= 11 is 0. The van der Waals surface area contributed by atoms with Gasteiger partial charge in [-0.3, -0.25) is 4.79 Å². The van der Waals surface area contributed by atoms with Crippen LogP contribution in [0, 0.1) is 6.92 Å². The number of amides is 3. The number of urea groups is 1. The second-order valence-electron chi connectivity index (χ2n) is 8.18. The van der Waals surface area contributed by atoms with Crippen molar-refractivity contribution < 1.29 is 18.0 Å². The van der Waals surface area contributed by atoms with E-state index in [0.717, 1.165) is 19.3 Å². The average molecular weight is 451 g/mol. The lowest BCUT2D eigenvalue weighted by Crippen LogP contribution is -2.54. The van der Waals surface area contributed by atoms with Crippen LogP contribution in [0.1, 0.15) is 49.0 Å². The molecule has 8 nitrogen and oxygen atoms in total. The molecule has 31 heavy (non-hydrogen) atoms. The number of piperidine rings is 1. The molecule has 3 rings (SSSR count). The van der Waals surface area contributed by atoms with Crippen LogP contribution >= 0.6 is 0 Å². The molecule has 2 saturated heterocycles. The zero-order chi connectivity index (χ0) is 22.6. The second-order valence-corrected chi connectivity index (χ2v) is 10.1. The quantitative estimate of drug-likeness (QED) is 0.690. The number of aryl methyl sites for hydroxylation is 1. The lowest BCUT2D eigenvalue weighted by molar-refractivity contribution is 0.0641. The van der Waals surface area contributed by atoms with E-state index in [4.69, 9.17) is 0 Å². The topological polar surface area (TPSA) is 81.2 Å². The Bertz CT molecular complexity index is 900. The zero-order valence-corrected chi connectivity index (χ0v) is 19.7. The maximum atomic E-state index is 13.2. The number of hydrogen-bond donors (Lipinski definition) is 0. The minimum atomic E-state index is -3.61. The van der Waals surface area contributed by atoms with Gasteiger partial charge in [-0.25, -0.2) is 13.2 Å². The first-order valence-electron chi connectivity index (χ1n) is 11.2. The second kappa shape index (κ2) is 9.99. The summed E-state index contributed by atoms with van der Waals surface area (Å²) in [7, 11) is -3.61. The van der Waals surface area contributed by atoms with Crippen molar-refractivity contribution in [1.29, 1.82) is 0 Å². The minimum Gasteiger partial charge on any atom is -0.335 e. The first kappa shape index (κ1) is 23.5. The number of piperazine rings is 1. The van der Waals surface area contributed by atoms with Gasteiger partial charge >= 0.3 is 6.03 Å². The maximum absolute atomic E-state index is 13.2. The summed E-state index contributed by atoms with van der Waals surface area (Å²) in [6.07, 6.45) is 2.78. The zero-order valence-electron chi connectivity index (χ0n) is 18.8. The van der Waals surface area contributed by atoms with Crippen molar-refractivity contribution in [2.75, 3.05) is 52.4 Å². The highest BCUT2D eigenvalue weighted by atomic mass is 32.2. The Morgan fingerprint density at radius 2 is 1.48 bits per heavy atom. The number of sulfonamides is 1. The maximum Gasteiger partial charge on any atom is 0.320 e. The molecule has 1 aromatic carbocycles. The number of nitrogens with zero attached hydrogens (tertiary/aromatic N) is 4. The van der Waals surface area contributed by atoms with E-state index in [-0.39, 0.29) is 16.8 Å². The van der Waals surface area contributed by atoms with Crippen molar-refractivity contribution >= 4 is 22.0 Å².